The molecule has 0 bridgehead atoms. The van der Waals surface area contributed by atoms with E-state index in [0.29, 0.717) is 6.54 Å². The molecule has 2 N–H and O–H groups in total. The zero-order valence-corrected chi connectivity index (χ0v) is 12.3. The average molecular weight is 274 g/mol. The van der Waals surface area contributed by atoms with Crippen molar-refractivity contribution in [2.45, 2.75) is 32.3 Å². The smallest absolute Gasteiger partial charge is 0.0791 e. The second-order valence-electron chi connectivity index (χ2n) is 5.09. The van der Waals surface area contributed by atoms with Crippen LogP contribution in [0.2, 0.25) is 0 Å². The Labute approximate surface area is 117 Å². The molecule has 114 valence electrons. The molecule has 19 heavy (non-hydrogen) atoms. The number of hydrogen-bond donors (Lipinski definition) is 2. The van der Waals surface area contributed by atoms with E-state index >= 15 is 0 Å². The standard InChI is InChI=1S/C14H30N2O3/c1-2-3-8-18-9-4-5-15-12-14(17)13-16-6-10-19-11-7-16/h14-15,17H,2-13H2,1H3. The molecule has 5 nitrogen and oxygen atoms in total. The number of rotatable bonds is 11. The summed E-state index contributed by atoms with van der Waals surface area (Å²) in [6, 6.07) is 0. The van der Waals surface area contributed by atoms with E-state index in [2.05, 4.69) is 17.1 Å². The second kappa shape index (κ2) is 11.6. The van der Waals surface area contributed by atoms with Crippen molar-refractivity contribution in [2.75, 3.05) is 59.2 Å². The molecule has 0 saturated carbocycles. The molecule has 0 aromatic carbocycles. The molecule has 0 aromatic heterocycles. The maximum Gasteiger partial charge on any atom is 0.0791 e. The largest absolute Gasteiger partial charge is 0.390 e. The summed E-state index contributed by atoms with van der Waals surface area (Å²) in [6.45, 7) is 9.60. The first-order chi connectivity index (χ1) is 9.33. The quantitative estimate of drug-likeness (QED) is 0.537. The van der Waals surface area contributed by atoms with E-state index in [1.807, 2.05) is 0 Å². The van der Waals surface area contributed by atoms with Gasteiger partial charge >= 0.3 is 0 Å². The van der Waals surface area contributed by atoms with Crippen LogP contribution in [0.1, 0.15) is 26.2 Å². The van der Waals surface area contributed by atoms with Crippen molar-refractivity contribution >= 4 is 0 Å². The fraction of sp³-hybridized carbons (Fsp3) is 1.00. The average Bonchev–Trinajstić information content (AvgIpc) is 2.43. The van der Waals surface area contributed by atoms with Gasteiger partial charge in [0.15, 0.2) is 0 Å². The molecule has 1 atom stereocenters. The van der Waals surface area contributed by atoms with Crippen LogP contribution >= 0.6 is 0 Å². The van der Waals surface area contributed by atoms with Gasteiger partial charge in [-0.25, -0.2) is 0 Å². The molecule has 1 unspecified atom stereocenters. The number of unbranched alkanes of at least 4 members (excludes halogenated alkanes) is 1. The first-order valence-corrected chi connectivity index (χ1v) is 7.59. The van der Waals surface area contributed by atoms with Crippen LogP contribution in [0, 0.1) is 0 Å². The zero-order valence-electron chi connectivity index (χ0n) is 12.3. The summed E-state index contributed by atoms with van der Waals surface area (Å²) in [5.74, 6) is 0. The van der Waals surface area contributed by atoms with Gasteiger partial charge in [-0.2, -0.15) is 0 Å². The Morgan fingerprint density at radius 1 is 1.26 bits per heavy atom. The maximum absolute atomic E-state index is 9.90. The van der Waals surface area contributed by atoms with Gasteiger partial charge in [-0.1, -0.05) is 13.3 Å². The van der Waals surface area contributed by atoms with E-state index in [9.17, 15) is 5.11 Å². The molecule has 0 amide bonds. The van der Waals surface area contributed by atoms with Crippen LogP contribution in [0.3, 0.4) is 0 Å². The first kappa shape index (κ1) is 16.9. The lowest BCUT2D eigenvalue weighted by atomic mass is 10.3. The Morgan fingerprint density at radius 3 is 2.74 bits per heavy atom. The molecule has 5 heteroatoms. The molecule has 1 aliphatic heterocycles. The number of nitrogens with zero attached hydrogens (tertiary/aromatic N) is 1. The lowest BCUT2D eigenvalue weighted by molar-refractivity contribution is 0.0148. The number of hydrogen-bond acceptors (Lipinski definition) is 5. The lowest BCUT2D eigenvalue weighted by Crippen LogP contribution is -2.43. The Morgan fingerprint density at radius 2 is 2.00 bits per heavy atom. The molecule has 1 fully saturated rings. The SMILES string of the molecule is CCCCOCCCNCC(O)CN1CCOCC1. The Balaban J connectivity index is 1.85. The lowest BCUT2D eigenvalue weighted by Gasteiger charge is -2.28. The van der Waals surface area contributed by atoms with E-state index in [-0.39, 0.29) is 6.10 Å². The van der Waals surface area contributed by atoms with Crippen LogP contribution in [-0.4, -0.2) is 75.3 Å². The van der Waals surface area contributed by atoms with Gasteiger partial charge in [0.1, 0.15) is 0 Å². The van der Waals surface area contributed by atoms with Gasteiger partial charge in [0.25, 0.3) is 0 Å². The van der Waals surface area contributed by atoms with Crippen molar-refractivity contribution < 1.29 is 14.6 Å². The normalized spacial score (nSPS) is 18.6. The van der Waals surface area contributed by atoms with Gasteiger partial charge in [0.2, 0.25) is 0 Å². The van der Waals surface area contributed by atoms with Crippen molar-refractivity contribution in [2.24, 2.45) is 0 Å². The Bertz CT molecular complexity index is 199. The monoisotopic (exact) mass is 274 g/mol. The fourth-order valence-electron chi connectivity index (χ4n) is 2.06. The highest BCUT2D eigenvalue weighted by molar-refractivity contribution is 4.69. The fourth-order valence-corrected chi connectivity index (χ4v) is 2.06. The predicted octanol–water partition coefficient (Wildman–Crippen LogP) is 0.476. The van der Waals surface area contributed by atoms with Crippen LogP contribution < -0.4 is 5.32 Å². The third kappa shape index (κ3) is 9.35. The number of ether oxygens (including phenoxy) is 2. The topological polar surface area (TPSA) is 54.0 Å². The molecule has 0 aliphatic carbocycles. The molecule has 0 spiro atoms. The molecule has 1 rings (SSSR count). The second-order valence-corrected chi connectivity index (χ2v) is 5.09. The van der Waals surface area contributed by atoms with Crippen molar-refractivity contribution in [1.29, 1.82) is 0 Å². The Hall–Kier alpha value is -0.200. The molecule has 1 aliphatic rings. The number of morpholine rings is 1. The number of β-amino-alcohol motifs (C(OH)–C–C–N with tert-alkyl or cyclic N) is 1. The number of aliphatic hydroxyl groups is 1. The van der Waals surface area contributed by atoms with Crippen molar-refractivity contribution in [3.8, 4) is 0 Å². The first-order valence-electron chi connectivity index (χ1n) is 7.59. The van der Waals surface area contributed by atoms with Crippen molar-refractivity contribution in [3.63, 3.8) is 0 Å². The zero-order chi connectivity index (χ0) is 13.8. The van der Waals surface area contributed by atoms with Gasteiger partial charge in [0.05, 0.1) is 19.3 Å². The van der Waals surface area contributed by atoms with Crippen LogP contribution in [0.4, 0.5) is 0 Å². The highest BCUT2D eigenvalue weighted by Crippen LogP contribution is 1.98. The van der Waals surface area contributed by atoms with Crippen LogP contribution in [-0.2, 0) is 9.47 Å². The van der Waals surface area contributed by atoms with E-state index in [1.54, 1.807) is 0 Å². The van der Waals surface area contributed by atoms with Gasteiger partial charge in [-0.05, 0) is 19.4 Å². The number of aliphatic hydroxyl groups excluding tert-OH is 1. The minimum Gasteiger partial charge on any atom is -0.390 e. The van der Waals surface area contributed by atoms with Gasteiger partial charge in [0, 0.05) is 39.4 Å². The summed E-state index contributed by atoms with van der Waals surface area (Å²) in [7, 11) is 0. The molecule has 1 heterocycles. The van der Waals surface area contributed by atoms with Crippen molar-refractivity contribution in [1.82, 2.24) is 10.2 Å². The molecule has 1 saturated heterocycles. The highest BCUT2D eigenvalue weighted by Gasteiger charge is 2.14. The molecular formula is C14H30N2O3. The van der Waals surface area contributed by atoms with Gasteiger partial charge < -0.3 is 19.9 Å². The van der Waals surface area contributed by atoms with Gasteiger partial charge in [-0.3, -0.25) is 4.90 Å². The molecular weight excluding hydrogens is 244 g/mol. The third-order valence-electron chi connectivity index (χ3n) is 3.24. The van der Waals surface area contributed by atoms with Crippen LogP contribution in [0.5, 0.6) is 0 Å². The van der Waals surface area contributed by atoms with Crippen LogP contribution in [0.25, 0.3) is 0 Å². The highest BCUT2D eigenvalue weighted by atomic mass is 16.5. The summed E-state index contributed by atoms with van der Waals surface area (Å²) in [6.07, 6.45) is 3.05. The molecule has 0 aromatic rings. The minimum absolute atomic E-state index is 0.292. The minimum atomic E-state index is -0.292. The van der Waals surface area contributed by atoms with E-state index in [0.717, 1.165) is 65.4 Å². The van der Waals surface area contributed by atoms with E-state index in [4.69, 9.17) is 9.47 Å². The predicted molar refractivity (Wildman–Crippen MR) is 76.5 cm³/mol. The van der Waals surface area contributed by atoms with Crippen LogP contribution in [0.15, 0.2) is 0 Å². The van der Waals surface area contributed by atoms with E-state index in [1.165, 1.54) is 6.42 Å². The summed E-state index contributed by atoms with van der Waals surface area (Å²) >= 11 is 0. The summed E-state index contributed by atoms with van der Waals surface area (Å²) in [4.78, 5) is 2.25. The summed E-state index contributed by atoms with van der Waals surface area (Å²) in [5, 5.41) is 13.2. The summed E-state index contributed by atoms with van der Waals surface area (Å²) in [5.41, 5.74) is 0. The maximum atomic E-state index is 9.90. The molecule has 0 radical (unpaired) electrons. The Kier molecular flexibility index (Phi) is 10.3. The number of nitrogens with one attached hydrogen (secondary N) is 1. The van der Waals surface area contributed by atoms with Crippen molar-refractivity contribution in [3.05, 3.63) is 0 Å². The summed E-state index contributed by atoms with van der Waals surface area (Å²) < 4.78 is 10.8. The van der Waals surface area contributed by atoms with Gasteiger partial charge in [-0.15, -0.1) is 0 Å². The third-order valence-corrected chi connectivity index (χ3v) is 3.24. The van der Waals surface area contributed by atoms with E-state index < -0.39 is 0 Å².